The molecule has 3 aromatic rings. The van der Waals surface area contributed by atoms with Crippen LogP contribution in [0.2, 0.25) is 0 Å². The van der Waals surface area contributed by atoms with Crippen LogP contribution in [-0.2, 0) is 0 Å². The third-order valence-electron chi connectivity index (χ3n) is 3.90. The van der Waals surface area contributed by atoms with Crippen molar-refractivity contribution in [2.75, 3.05) is 5.75 Å². The molecule has 0 bridgehead atoms. The molecule has 0 atom stereocenters. The smallest absolute Gasteiger partial charge is 0.277 e. The number of ketones is 2. The van der Waals surface area contributed by atoms with Crippen LogP contribution in [0.25, 0.3) is 10.8 Å². The maximum atomic E-state index is 12.5. The summed E-state index contributed by atoms with van der Waals surface area (Å²) in [5.41, 5.74) is 3.27. The van der Waals surface area contributed by atoms with Gasteiger partial charge in [-0.15, -0.1) is 21.5 Å². The lowest BCUT2D eigenvalue weighted by atomic mass is 10.1. The summed E-state index contributed by atoms with van der Waals surface area (Å²) in [4.78, 5) is 32.4. The fraction of sp³-hybridized carbons (Fsp3) is 0.353. The van der Waals surface area contributed by atoms with Crippen molar-refractivity contribution in [2.45, 2.75) is 39.8 Å². The fourth-order valence-corrected chi connectivity index (χ4v) is 4.32. The topological polar surface area (TPSA) is 102 Å². The number of carbonyl (C=O) groups is 2. The maximum absolute atomic E-state index is 12.5. The summed E-state index contributed by atoms with van der Waals surface area (Å²) in [6, 6.07) is 0. The van der Waals surface area contributed by atoms with Crippen LogP contribution >= 0.6 is 23.1 Å². The lowest BCUT2D eigenvalue weighted by Crippen LogP contribution is -2.05. The van der Waals surface area contributed by atoms with Crippen molar-refractivity contribution in [3.8, 4) is 10.8 Å². The summed E-state index contributed by atoms with van der Waals surface area (Å²) in [5, 5.41) is 9.29. The van der Waals surface area contributed by atoms with Crippen molar-refractivity contribution in [3.05, 3.63) is 33.2 Å². The van der Waals surface area contributed by atoms with E-state index in [1.165, 1.54) is 30.0 Å². The number of H-pyrrole nitrogens is 1. The van der Waals surface area contributed by atoms with E-state index in [-0.39, 0.29) is 17.3 Å². The van der Waals surface area contributed by atoms with Gasteiger partial charge in [0.2, 0.25) is 0 Å². The van der Waals surface area contributed by atoms with Gasteiger partial charge in [0, 0.05) is 11.3 Å². The van der Waals surface area contributed by atoms with Crippen molar-refractivity contribution in [1.29, 1.82) is 0 Å². The number of thioether (sulfide) groups is 1. The molecule has 26 heavy (non-hydrogen) atoms. The minimum absolute atomic E-state index is 0.0558. The van der Waals surface area contributed by atoms with Gasteiger partial charge in [-0.3, -0.25) is 9.59 Å². The molecule has 3 heterocycles. The number of nitrogens with zero attached hydrogens (tertiary/aromatic N) is 3. The predicted molar refractivity (Wildman–Crippen MR) is 100 cm³/mol. The molecule has 0 aliphatic heterocycles. The van der Waals surface area contributed by atoms with Crippen molar-refractivity contribution >= 4 is 34.7 Å². The second-order valence-corrected chi connectivity index (χ2v) is 8.04. The fourth-order valence-electron chi connectivity index (χ4n) is 2.85. The Morgan fingerprint density at radius 1 is 1.19 bits per heavy atom. The first-order valence-electron chi connectivity index (χ1n) is 7.92. The number of hydrogen-bond donors (Lipinski definition) is 1. The third kappa shape index (κ3) is 3.49. The van der Waals surface area contributed by atoms with Gasteiger partial charge >= 0.3 is 0 Å². The molecule has 136 valence electrons. The molecule has 0 unspecified atom stereocenters. The maximum Gasteiger partial charge on any atom is 0.277 e. The largest absolute Gasteiger partial charge is 0.410 e. The predicted octanol–water partition coefficient (Wildman–Crippen LogP) is 3.93. The molecule has 0 aliphatic rings. The minimum Gasteiger partial charge on any atom is -0.410 e. The van der Waals surface area contributed by atoms with E-state index in [1.54, 1.807) is 13.8 Å². The summed E-state index contributed by atoms with van der Waals surface area (Å²) < 4.78 is 5.64. The lowest BCUT2D eigenvalue weighted by Gasteiger charge is -1.99. The summed E-state index contributed by atoms with van der Waals surface area (Å²) in [6.07, 6.45) is 0. The number of aryl methyl sites for hydroxylation is 3. The molecule has 3 aromatic heterocycles. The Hall–Kier alpha value is -2.26. The highest BCUT2D eigenvalue weighted by Gasteiger charge is 2.21. The molecule has 0 amide bonds. The van der Waals surface area contributed by atoms with E-state index in [4.69, 9.17) is 4.42 Å². The van der Waals surface area contributed by atoms with Crippen LogP contribution in [0.1, 0.15) is 49.7 Å². The van der Waals surface area contributed by atoms with Crippen LogP contribution in [0.4, 0.5) is 0 Å². The van der Waals surface area contributed by atoms with E-state index in [1.807, 2.05) is 13.8 Å². The molecule has 0 aromatic carbocycles. The number of rotatable bonds is 6. The van der Waals surface area contributed by atoms with Gasteiger partial charge in [0.1, 0.15) is 4.88 Å². The number of thiazole rings is 1. The minimum atomic E-state index is -0.118. The number of nitrogens with one attached hydrogen (secondary N) is 1. The number of aromatic amines is 1. The van der Waals surface area contributed by atoms with E-state index in [2.05, 4.69) is 20.2 Å². The zero-order chi connectivity index (χ0) is 19.0. The Balaban J connectivity index is 1.72. The molecule has 0 radical (unpaired) electrons. The number of Topliss-reactive ketones (excluding diaryl/α,β-unsaturated/α-hetero) is 2. The highest BCUT2D eigenvalue weighted by atomic mass is 32.2. The summed E-state index contributed by atoms with van der Waals surface area (Å²) in [6.45, 7) is 8.87. The normalized spacial score (nSPS) is 11.1. The van der Waals surface area contributed by atoms with E-state index in [0.717, 1.165) is 15.6 Å². The van der Waals surface area contributed by atoms with Crippen molar-refractivity contribution < 1.29 is 14.0 Å². The highest BCUT2D eigenvalue weighted by Crippen LogP contribution is 2.31. The Bertz CT molecular complexity index is 1000. The van der Waals surface area contributed by atoms with Gasteiger partial charge in [-0.2, -0.15) is 0 Å². The molecule has 0 fully saturated rings. The van der Waals surface area contributed by atoms with Gasteiger partial charge in [-0.1, -0.05) is 11.8 Å². The van der Waals surface area contributed by atoms with Gasteiger partial charge < -0.3 is 9.40 Å². The van der Waals surface area contributed by atoms with Crippen LogP contribution in [0, 0.1) is 27.7 Å². The van der Waals surface area contributed by atoms with Gasteiger partial charge in [0.05, 0.1) is 22.1 Å². The first kappa shape index (κ1) is 18.5. The summed E-state index contributed by atoms with van der Waals surface area (Å²) >= 11 is 2.66. The zero-order valence-electron chi connectivity index (χ0n) is 15.1. The van der Waals surface area contributed by atoms with Crippen LogP contribution in [0.15, 0.2) is 9.64 Å². The third-order valence-corrected chi connectivity index (χ3v) is 5.78. The molecule has 0 aliphatic carbocycles. The van der Waals surface area contributed by atoms with Gasteiger partial charge in [-0.25, -0.2) is 4.98 Å². The van der Waals surface area contributed by atoms with Gasteiger partial charge in [0.25, 0.3) is 11.1 Å². The van der Waals surface area contributed by atoms with Crippen LogP contribution < -0.4 is 0 Å². The molecule has 0 saturated heterocycles. The molecule has 1 N–H and O–H groups in total. The van der Waals surface area contributed by atoms with Crippen LogP contribution in [0.5, 0.6) is 0 Å². The first-order chi connectivity index (χ1) is 12.3. The first-order valence-corrected chi connectivity index (χ1v) is 9.72. The Kier molecular flexibility index (Phi) is 5.10. The van der Waals surface area contributed by atoms with Crippen LogP contribution in [0.3, 0.4) is 0 Å². The Morgan fingerprint density at radius 3 is 2.50 bits per heavy atom. The number of carbonyl (C=O) groups excluding carboxylic acids is 2. The molecular weight excluding hydrogens is 372 g/mol. The van der Waals surface area contributed by atoms with Gasteiger partial charge in [0.15, 0.2) is 11.6 Å². The average Bonchev–Trinajstić information content (AvgIpc) is 3.22. The van der Waals surface area contributed by atoms with Crippen molar-refractivity contribution in [3.63, 3.8) is 0 Å². The Labute approximate surface area is 158 Å². The van der Waals surface area contributed by atoms with E-state index in [0.29, 0.717) is 33.6 Å². The van der Waals surface area contributed by atoms with E-state index < -0.39 is 0 Å². The molecular formula is C17H18N4O3S2. The average molecular weight is 390 g/mol. The van der Waals surface area contributed by atoms with E-state index in [9.17, 15) is 9.59 Å². The standard InChI is InChI=1S/C17H18N4O3S2/c1-7-13(10(4)22)8(2)19-14(7)12(23)6-25-17-21-20-16(24-17)15-9(3)18-11(5)26-15/h19H,6H2,1-5H3. The lowest BCUT2D eigenvalue weighted by molar-refractivity contribution is 0.101. The molecule has 3 rings (SSSR count). The molecule has 0 saturated carbocycles. The van der Waals surface area contributed by atoms with Crippen molar-refractivity contribution in [2.24, 2.45) is 0 Å². The monoisotopic (exact) mass is 390 g/mol. The quantitative estimate of drug-likeness (QED) is 0.502. The number of aromatic nitrogens is 4. The second kappa shape index (κ2) is 7.16. The van der Waals surface area contributed by atoms with Gasteiger partial charge in [-0.05, 0) is 40.2 Å². The second-order valence-electron chi connectivity index (χ2n) is 5.91. The Morgan fingerprint density at radius 2 is 1.92 bits per heavy atom. The number of hydrogen-bond acceptors (Lipinski definition) is 8. The SMILES string of the molecule is CC(=O)c1c(C)[nH]c(C(=O)CSc2nnc(-c3sc(C)nc3C)o2)c1C. The molecule has 7 nitrogen and oxygen atoms in total. The molecule has 9 heteroatoms. The van der Waals surface area contributed by atoms with Crippen LogP contribution in [-0.4, -0.2) is 37.5 Å². The molecule has 0 spiro atoms. The van der Waals surface area contributed by atoms with E-state index >= 15 is 0 Å². The summed E-state index contributed by atoms with van der Waals surface area (Å²) in [7, 11) is 0. The summed E-state index contributed by atoms with van der Waals surface area (Å²) in [5.74, 6) is 0.377. The zero-order valence-corrected chi connectivity index (χ0v) is 16.7. The van der Waals surface area contributed by atoms with Crippen molar-refractivity contribution in [1.82, 2.24) is 20.2 Å². The highest BCUT2D eigenvalue weighted by molar-refractivity contribution is 7.99.